The fourth-order valence-electron chi connectivity index (χ4n) is 1.43. The van der Waals surface area contributed by atoms with Crippen molar-refractivity contribution in [2.45, 2.75) is 18.9 Å². The average Bonchev–Trinajstić information content (AvgIpc) is 2.77. The molecule has 0 spiro atoms. The Hall–Kier alpha value is -0.620. The van der Waals surface area contributed by atoms with Crippen molar-refractivity contribution in [1.29, 1.82) is 0 Å². The van der Waals surface area contributed by atoms with Gasteiger partial charge in [0.1, 0.15) is 5.76 Å². The standard InChI is InChI=1S/C10H20N2O3/c1-13-7-8-14-6-4-9(12-11)10-3-2-5-15-10/h3,9,12H,2,4-8,11H2,1H3. The van der Waals surface area contributed by atoms with Crippen LogP contribution >= 0.6 is 0 Å². The quantitative estimate of drug-likeness (QED) is 0.344. The summed E-state index contributed by atoms with van der Waals surface area (Å²) >= 11 is 0. The van der Waals surface area contributed by atoms with E-state index in [4.69, 9.17) is 20.1 Å². The summed E-state index contributed by atoms with van der Waals surface area (Å²) in [6, 6.07) is 0.0649. The average molecular weight is 216 g/mol. The molecule has 88 valence electrons. The van der Waals surface area contributed by atoms with Gasteiger partial charge in [0.05, 0.1) is 25.9 Å². The van der Waals surface area contributed by atoms with Crippen molar-refractivity contribution in [2.75, 3.05) is 33.5 Å². The van der Waals surface area contributed by atoms with Gasteiger partial charge in [0.15, 0.2) is 0 Å². The number of methoxy groups -OCH3 is 1. The number of hydrogen-bond donors (Lipinski definition) is 2. The summed E-state index contributed by atoms with van der Waals surface area (Å²) in [6.45, 7) is 2.66. The Morgan fingerprint density at radius 1 is 1.53 bits per heavy atom. The zero-order chi connectivity index (χ0) is 10.9. The monoisotopic (exact) mass is 216 g/mol. The van der Waals surface area contributed by atoms with E-state index in [0.29, 0.717) is 19.8 Å². The zero-order valence-electron chi connectivity index (χ0n) is 9.20. The highest BCUT2D eigenvalue weighted by Gasteiger charge is 2.16. The molecule has 0 radical (unpaired) electrons. The first-order chi connectivity index (χ1) is 7.38. The third-order valence-electron chi connectivity index (χ3n) is 2.26. The maximum atomic E-state index is 5.44. The summed E-state index contributed by atoms with van der Waals surface area (Å²) in [5.74, 6) is 6.38. The molecule has 0 amide bonds. The van der Waals surface area contributed by atoms with Crippen molar-refractivity contribution in [3.63, 3.8) is 0 Å². The van der Waals surface area contributed by atoms with Gasteiger partial charge in [-0.25, -0.2) is 5.43 Å². The Morgan fingerprint density at radius 2 is 2.40 bits per heavy atom. The number of nitrogens with two attached hydrogens (primary N) is 1. The van der Waals surface area contributed by atoms with Gasteiger partial charge >= 0.3 is 0 Å². The van der Waals surface area contributed by atoms with E-state index in [0.717, 1.165) is 25.2 Å². The minimum absolute atomic E-state index is 0.0649. The Kier molecular flexibility index (Phi) is 6.34. The molecule has 5 nitrogen and oxygen atoms in total. The number of nitrogens with one attached hydrogen (secondary N) is 1. The Morgan fingerprint density at radius 3 is 3.00 bits per heavy atom. The van der Waals surface area contributed by atoms with Crippen LogP contribution in [0.3, 0.4) is 0 Å². The second-order valence-corrected chi connectivity index (χ2v) is 3.36. The summed E-state index contributed by atoms with van der Waals surface area (Å²) < 4.78 is 15.7. The minimum Gasteiger partial charge on any atom is -0.496 e. The third-order valence-corrected chi connectivity index (χ3v) is 2.26. The molecule has 3 N–H and O–H groups in total. The summed E-state index contributed by atoms with van der Waals surface area (Å²) in [6.07, 6.45) is 3.85. The van der Waals surface area contributed by atoms with Gasteiger partial charge in [-0.2, -0.15) is 0 Å². The third kappa shape index (κ3) is 4.61. The number of ether oxygens (including phenoxy) is 3. The lowest BCUT2D eigenvalue weighted by atomic mass is 10.2. The van der Waals surface area contributed by atoms with Gasteiger partial charge in [0.2, 0.25) is 0 Å². The predicted octanol–water partition coefficient (Wildman–Crippen LogP) is 0.176. The van der Waals surface area contributed by atoms with Gasteiger partial charge in [0, 0.05) is 20.1 Å². The Labute approximate surface area is 90.5 Å². The van der Waals surface area contributed by atoms with Gasteiger partial charge in [-0.05, 0) is 12.5 Å². The lowest BCUT2D eigenvalue weighted by molar-refractivity contribution is 0.0644. The van der Waals surface area contributed by atoms with Crippen LogP contribution in [0.2, 0.25) is 0 Å². The predicted molar refractivity (Wildman–Crippen MR) is 57.1 cm³/mol. The van der Waals surface area contributed by atoms with Crippen LogP contribution in [-0.4, -0.2) is 39.6 Å². The molecule has 0 bridgehead atoms. The minimum atomic E-state index is 0.0649. The Balaban J connectivity index is 2.11. The lowest BCUT2D eigenvalue weighted by Crippen LogP contribution is -2.37. The van der Waals surface area contributed by atoms with Crippen LogP contribution in [0.5, 0.6) is 0 Å². The van der Waals surface area contributed by atoms with Crippen LogP contribution in [0.25, 0.3) is 0 Å². The summed E-state index contributed by atoms with van der Waals surface area (Å²) in [5.41, 5.74) is 2.73. The van der Waals surface area contributed by atoms with E-state index in [1.807, 2.05) is 0 Å². The molecule has 0 aromatic carbocycles. The van der Waals surface area contributed by atoms with Crippen LogP contribution in [0.4, 0.5) is 0 Å². The van der Waals surface area contributed by atoms with E-state index < -0.39 is 0 Å². The molecule has 0 saturated heterocycles. The second-order valence-electron chi connectivity index (χ2n) is 3.36. The van der Waals surface area contributed by atoms with E-state index in [2.05, 4.69) is 11.5 Å². The summed E-state index contributed by atoms with van der Waals surface area (Å²) in [5, 5.41) is 0. The van der Waals surface area contributed by atoms with Crippen molar-refractivity contribution in [1.82, 2.24) is 5.43 Å². The van der Waals surface area contributed by atoms with Gasteiger partial charge in [-0.15, -0.1) is 0 Å². The topological polar surface area (TPSA) is 65.7 Å². The van der Waals surface area contributed by atoms with Crippen molar-refractivity contribution in [3.05, 3.63) is 11.8 Å². The molecule has 1 unspecified atom stereocenters. The molecular formula is C10H20N2O3. The summed E-state index contributed by atoms with van der Waals surface area (Å²) in [4.78, 5) is 0. The fraction of sp³-hybridized carbons (Fsp3) is 0.800. The van der Waals surface area contributed by atoms with E-state index in [1.165, 1.54) is 0 Å². The lowest BCUT2D eigenvalue weighted by Gasteiger charge is -2.16. The zero-order valence-corrected chi connectivity index (χ0v) is 9.20. The van der Waals surface area contributed by atoms with Gasteiger partial charge in [-0.1, -0.05) is 0 Å². The van der Waals surface area contributed by atoms with Crippen molar-refractivity contribution >= 4 is 0 Å². The maximum Gasteiger partial charge on any atom is 0.110 e. The van der Waals surface area contributed by atoms with Crippen molar-refractivity contribution < 1.29 is 14.2 Å². The SMILES string of the molecule is COCCOCCC(NN)C1=CCCO1. The molecule has 5 heteroatoms. The normalized spacial score (nSPS) is 17.3. The molecule has 0 aliphatic carbocycles. The molecule has 0 aromatic rings. The van der Waals surface area contributed by atoms with Crippen LogP contribution in [0, 0.1) is 0 Å². The number of hydrazine groups is 1. The largest absolute Gasteiger partial charge is 0.496 e. The van der Waals surface area contributed by atoms with Crippen LogP contribution in [0.1, 0.15) is 12.8 Å². The second kappa shape index (κ2) is 7.64. The summed E-state index contributed by atoms with van der Waals surface area (Å²) in [7, 11) is 1.66. The smallest absolute Gasteiger partial charge is 0.110 e. The van der Waals surface area contributed by atoms with Gasteiger partial charge < -0.3 is 14.2 Å². The Bertz CT molecular complexity index is 197. The van der Waals surface area contributed by atoms with Crippen LogP contribution < -0.4 is 11.3 Å². The van der Waals surface area contributed by atoms with E-state index >= 15 is 0 Å². The van der Waals surface area contributed by atoms with Gasteiger partial charge in [0.25, 0.3) is 0 Å². The van der Waals surface area contributed by atoms with Crippen molar-refractivity contribution in [3.8, 4) is 0 Å². The molecule has 1 rings (SSSR count). The molecular weight excluding hydrogens is 196 g/mol. The van der Waals surface area contributed by atoms with Gasteiger partial charge in [-0.3, -0.25) is 5.84 Å². The number of rotatable bonds is 8. The highest BCUT2D eigenvalue weighted by molar-refractivity contribution is 5.06. The van der Waals surface area contributed by atoms with Crippen LogP contribution in [-0.2, 0) is 14.2 Å². The van der Waals surface area contributed by atoms with E-state index in [9.17, 15) is 0 Å². The van der Waals surface area contributed by atoms with E-state index in [1.54, 1.807) is 7.11 Å². The first kappa shape index (κ1) is 12.4. The van der Waals surface area contributed by atoms with E-state index in [-0.39, 0.29) is 6.04 Å². The molecule has 0 saturated carbocycles. The molecule has 1 heterocycles. The molecule has 1 aliphatic rings. The molecule has 1 aliphatic heterocycles. The molecule has 1 atom stereocenters. The first-order valence-electron chi connectivity index (χ1n) is 5.24. The molecule has 0 aromatic heterocycles. The highest BCUT2D eigenvalue weighted by Crippen LogP contribution is 2.15. The fourth-order valence-corrected chi connectivity index (χ4v) is 1.43. The first-order valence-corrected chi connectivity index (χ1v) is 5.24. The number of hydrogen-bond acceptors (Lipinski definition) is 5. The maximum absolute atomic E-state index is 5.44. The van der Waals surface area contributed by atoms with Crippen LogP contribution in [0.15, 0.2) is 11.8 Å². The molecule has 0 fully saturated rings. The highest BCUT2D eigenvalue weighted by atomic mass is 16.5. The van der Waals surface area contributed by atoms with Crippen molar-refractivity contribution in [2.24, 2.45) is 5.84 Å². The molecule has 15 heavy (non-hydrogen) atoms.